The number of carbonyl (C=O) groups excluding carboxylic acids is 1. The van der Waals surface area contributed by atoms with Crippen LogP contribution in [0.4, 0.5) is 5.69 Å². The largest absolute Gasteiger partial charge is 0.497 e. The molecule has 0 aliphatic carbocycles. The first-order chi connectivity index (χ1) is 24.3. The van der Waals surface area contributed by atoms with Gasteiger partial charge in [0.05, 0.1) is 52.4 Å². The predicted octanol–water partition coefficient (Wildman–Crippen LogP) is 7.60. The lowest BCUT2D eigenvalue weighted by Crippen LogP contribution is -2.28. The van der Waals surface area contributed by atoms with Crippen LogP contribution < -0.4 is 15.4 Å². The number of hydrogen-bond acceptors (Lipinski definition) is 6. The van der Waals surface area contributed by atoms with E-state index in [1.165, 1.54) is 12.1 Å². The molecule has 2 heterocycles. The Kier molecular flexibility index (Phi) is 7.80. The lowest BCUT2D eigenvalue weighted by atomic mass is 10.1. The van der Waals surface area contributed by atoms with E-state index < -0.39 is 4.92 Å². The molecular weight excluding hydrogens is 652 g/mol. The number of ether oxygens (including phenoxy) is 1. The van der Waals surface area contributed by atoms with Crippen LogP contribution in [0.3, 0.4) is 0 Å². The average molecular weight is 683 g/mol. The average Bonchev–Trinajstić information content (AvgIpc) is 3.57. The molecule has 2 aromatic heterocycles. The van der Waals surface area contributed by atoms with Crippen molar-refractivity contribution in [1.29, 1.82) is 0 Å². The minimum Gasteiger partial charge on any atom is -0.497 e. The molecule has 248 valence electrons. The second kappa shape index (κ2) is 12.5. The second-order valence-corrected chi connectivity index (χ2v) is 12.8. The molecule has 0 aliphatic heterocycles. The molecule has 10 nitrogen and oxygen atoms in total. The number of nitrogens with one attached hydrogen (secondary N) is 2. The first-order valence-corrected chi connectivity index (χ1v) is 16.6. The number of fused-ring (bicyclic) bond motifs is 5. The van der Waals surface area contributed by atoms with Gasteiger partial charge in [-0.05, 0) is 60.5 Å². The Morgan fingerprint density at radius 1 is 1.00 bits per heavy atom. The van der Waals surface area contributed by atoms with Crippen molar-refractivity contribution >= 4 is 77.7 Å². The van der Waals surface area contributed by atoms with E-state index in [1.54, 1.807) is 13.2 Å². The Morgan fingerprint density at radius 2 is 1.82 bits per heavy atom. The zero-order valence-corrected chi connectivity index (χ0v) is 28.0. The smallest absolute Gasteiger partial charge is 0.271 e. The number of aromatic amines is 1. The summed E-state index contributed by atoms with van der Waals surface area (Å²) in [6, 6.07) is 28.4. The first-order valence-electron chi connectivity index (χ1n) is 16.2. The standard InChI is InChI=1S/C39H31ClN6O4/c1-22-30(31-19-26(50-2)11-15-35(31)45(22)21-23-6-8-24(40)9-7-23)20-36(47)42-17-16-41-32-14-12-29-37-27(32)4-3-5-28(37)38-39(29)44-34-18-25(46(48)49)10-13-33(34)43-38/h3-15,18-19,44H,16-17,20-21H2,1-2H3,(H,42,47). The summed E-state index contributed by atoms with van der Waals surface area (Å²) in [6.45, 7) is 3.49. The molecule has 0 fully saturated rings. The van der Waals surface area contributed by atoms with Crippen LogP contribution >= 0.6 is 11.6 Å². The molecule has 0 saturated heterocycles. The third-order valence-corrected chi connectivity index (χ3v) is 9.68. The van der Waals surface area contributed by atoms with Gasteiger partial charge in [0.2, 0.25) is 5.91 Å². The van der Waals surface area contributed by atoms with Gasteiger partial charge in [0, 0.05) is 68.4 Å². The summed E-state index contributed by atoms with van der Waals surface area (Å²) in [6.07, 6.45) is 0.226. The van der Waals surface area contributed by atoms with Crippen molar-refractivity contribution in [1.82, 2.24) is 19.9 Å². The molecule has 11 heteroatoms. The summed E-state index contributed by atoms with van der Waals surface area (Å²) < 4.78 is 7.74. The number of nitrogens with zero attached hydrogens (tertiary/aromatic N) is 4. The zero-order valence-electron chi connectivity index (χ0n) is 27.3. The number of H-pyrrole nitrogens is 1. The van der Waals surface area contributed by atoms with Gasteiger partial charge in [0.25, 0.3) is 5.69 Å². The molecule has 2 N–H and O–H groups in total. The molecule has 0 spiro atoms. The Morgan fingerprint density at radius 3 is 2.62 bits per heavy atom. The molecule has 0 unspecified atom stereocenters. The third-order valence-electron chi connectivity index (χ3n) is 9.43. The number of non-ortho nitro benzene ring substituents is 1. The van der Waals surface area contributed by atoms with Crippen molar-refractivity contribution in [2.24, 2.45) is 4.99 Å². The van der Waals surface area contributed by atoms with Gasteiger partial charge in [-0.25, -0.2) is 4.98 Å². The quantitative estimate of drug-likeness (QED) is 0.0921. The number of nitro groups is 1. The van der Waals surface area contributed by atoms with Crippen LogP contribution in [0.2, 0.25) is 5.02 Å². The van der Waals surface area contributed by atoms with Crippen LogP contribution in [0.15, 0.2) is 96.0 Å². The van der Waals surface area contributed by atoms with Crippen molar-refractivity contribution in [2.75, 3.05) is 20.2 Å². The second-order valence-electron chi connectivity index (χ2n) is 12.3. The fourth-order valence-electron chi connectivity index (χ4n) is 6.98. The number of methoxy groups -OCH3 is 1. The highest BCUT2D eigenvalue weighted by molar-refractivity contribution is 6.30. The Balaban J connectivity index is 1.04. The highest BCUT2D eigenvalue weighted by Crippen LogP contribution is 2.36. The van der Waals surface area contributed by atoms with Crippen LogP contribution in [0.1, 0.15) is 16.8 Å². The first kappa shape index (κ1) is 31.3. The molecule has 0 bridgehead atoms. The molecule has 0 atom stereocenters. The third kappa shape index (κ3) is 5.43. The van der Waals surface area contributed by atoms with Crippen molar-refractivity contribution < 1.29 is 14.5 Å². The zero-order chi connectivity index (χ0) is 34.5. The van der Waals surface area contributed by atoms with Crippen LogP contribution in [0.5, 0.6) is 5.75 Å². The summed E-state index contributed by atoms with van der Waals surface area (Å²) in [4.78, 5) is 37.4. The van der Waals surface area contributed by atoms with E-state index in [-0.39, 0.29) is 18.0 Å². The highest BCUT2D eigenvalue weighted by Gasteiger charge is 2.19. The van der Waals surface area contributed by atoms with E-state index in [9.17, 15) is 14.9 Å². The molecular formula is C39H31ClN6O4. The van der Waals surface area contributed by atoms with Gasteiger partial charge in [-0.15, -0.1) is 0 Å². The lowest BCUT2D eigenvalue weighted by Gasteiger charge is -2.10. The summed E-state index contributed by atoms with van der Waals surface area (Å²) in [5.74, 6) is 0.655. The summed E-state index contributed by atoms with van der Waals surface area (Å²) >= 11 is 6.12. The van der Waals surface area contributed by atoms with Crippen LogP contribution in [-0.4, -0.2) is 45.6 Å². The molecule has 0 radical (unpaired) electrons. The number of aromatic nitrogens is 3. The van der Waals surface area contributed by atoms with E-state index >= 15 is 0 Å². The van der Waals surface area contributed by atoms with Crippen molar-refractivity contribution in [3.05, 3.63) is 128 Å². The van der Waals surface area contributed by atoms with Gasteiger partial charge >= 0.3 is 0 Å². The Bertz CT molecular complexity index is 2700. The number of carbonyl (C=O) groups is 1. The summed E-state index contributed by atoms with van der Waals surface area (Å²) in [7, 11) is 1.64. The number of rotatable bonds is 9. The monoisotopic (exact) mass is 682 g/mol. The molecule has 8 rings (SSSR count). The van der Waals surface area contributed by atoms with E-state index in [0.29, 0.717) is 35.7 Å². The van der Waals surface area contributed by atoms with Gasteiger partial charge in [-0.3, -0.25) is 19.9 Å². The molecule has 1 amide bonds. The topological polar surface area (TPSA) is 127 Å². The fraction of sp³-hybridized carbons (Fsp3) is 0.154. The van der Waals surface area contributed by atoms with Crippen molar-refractivity contribution in [3.63, 3.8) is 0 Å². The summed E-state index contributed by atoms with van der Waals surface area (Å²) in [5.41, 5.74) is 7.02. The van der Waals surface area contributed by atoms with Crippen molar-refractivity contribution in [3.8, 4) is 5.75 Å². The van der Waals surface area contributed by atoms with E-state index in [1.807, 2.05) is 79.7 Å². The van der Waals surface area contributed by atoms with Crippen LogP contribution in [-0.2, 0) is 17.8 Å². The predicted molar refractivity (Wildman–Crippen MR) is 197 cm³/mol. The number of hydrogen-bond donors (Lipinski definition) is 2. The number of amides is 1. The van der Waals surface area contributed by atoms with E-state index in [0.717, 1.165) is 71.4 Å². The van der Waals surface area contributed by atoms with Gasteiger partial charge in [-0.2, -0.15) is 0 Å². The van der Waals surface area contributed by atoms with Crippen LogP contribution in [0, 0.1) is 17.0 Å². The molecule has 0 aliphatic rings. The van der Waals surface area contributed by atoms with Gasteiger partial charge in [0.15, 0.2) is 0 Å². The van der Waals surface area contributed by atoms with Gasteiger partial charge < -0.3 is 19.6 Å². The molecule has 6 aromatic carbocycles. The fourth-order valence-corrected chi connectivity index (χ4v) is 7.11. The molecule has 0 saturated carbocycles. The Labute approximate surface area is 290 Å². The maximum atomic E-state index is 13.3. The maximum Gasteiger partial charge on any atom is 0.271 e. The van der Waals surface area contributed by atoms with Gasteiger partial charge in [0.1, 0.15) is 5.75 Å². The minimum absolute atomic E-state index is 0.00803. The van der Waals surface area contributed by atoms with E-state index in [4.69, 9.17) is 26.3 Å². The minimum atomic E-state index is -0.409. The normalized spacial score (nSPS) is 12.2. The van der Waals surface area contributed by atoms with Crippen LogP contribution in [0.25, 0.3) is 54.5 Å². The lowest BCUT2D eigenvalue weighted by molar-refractivity contribution is -0.384. The number of nitro benzene ring substituents is 1. The SMILES string of the molecule is COc1ccc2c(c1)c(CC(=O)NCCN=c1ccc3c4[nH]c5cc([N+](=O)[O-])ccc5nc4c4cccc1c43)c(C)n2Cc1ccc(Cl)cc1. The van der Waals surface area contributed by atoms with E-state index in [2.05, 4.69) is 14.9 Å². The van der Waals surface area contributed by atoms with Gasteiger partial charge in [-0.1, -0.05) is 48.0 Å². The van der Waals surface area contributed by atoms with Crippen molar-refractivity contribution in [2.45, 2.75) is 19.9 Å². The maximum absolute atomic E-state index is 13.3. The highest BCUT2D eigenvalue weighted by atomic mass is 35.5. The number of halogens is 1. The summed E-state index contributed by atoms with van der Waals surface area (Å²) in [5, 5.41) is 20.9. The molecule has 50 heavy (non-hydrogen) atoms. The molecule has 8 aromatic rings. The Hall–Kier alpha value is -6.00. The number of benzene rings is 5.